The number of rotatable bonds is 7. The van der Waals surface area contributed by atoms with Crippen LogP contribution in [0.3, 0.4) is 0 Å². The third-order valence-electron chi connectivity index (χ3n) is 4.31. The third kappa shape index (κ3) is 5.85. The number of ether oxygens (including phenoxy) is 1. The van der Waals surface area contributed by atoms with E-state index in [4.69, 9.17) is 4.74 Å². The molecule has 0 radical (unpaired) electrons. The van der Waals surface area contributed by atoms with Crippen LogP contribution in [-0.4, -0.2) is 42.3 Å². The van der Waals surface area contributed by atoms with Gasteiger partial charge in [0.1, 0.15) is 5.82 Å². The predicted octanol–water partition coefficient (Wildman–Crippen LogP) is 3.55. The van der Waals surface area contributed by atoms with Gasteiger partial charge in [0.15, 0.2) is 12.6 Å². The number of aliphatic imine (C=N–C) groups is 1. The number of H-pyrrole nitrogens is 1. The molecule has 0 unspecified atom stereocenters. The molecule has 3 rings (SSSR count). The Bertz CT molecular complexity index is 1020. The van der Waals surface area contributed by atoms with Crippen molar-refractivity contribution in [2.45, 2.75) is 19.1 Å². The number of benzene rings is 1. The van der Waals surface area contributed by atoms with Crippen molar-refractivity contribution >= 4 is 16.9 Å². The van der Waals surface area contributed by atoms with Crippen molar-refractivity contribution in [1.29, 1.82) is 0 Å². The number of aromatic amines is 1. The predicted molar refractivity (Wildman–Crippen MR) is 106 cm³/mol. The van der Waals surface area contributed by atoms with Crippen LogP contribution in [0.15, 0.2) is 47.7 Å². The van der Waals surface area contributed by atoms with E-state index in [-0.39, 0.29) is 18.2 Å². The Morgan fingerprint density at radius 3 is 2.80 bits per heavy atom. The lowest BCUT2D eigenvalue weighted by molar-refractivity contribution is -0.154. The van der Waals surface area contributed by atoms with Crippen LogP contribution >= 0.6 is 0 Å². The molecule has 3 aromatic rings. The number of fused-ring (bicyclic) bond motifs is 1. The van der Waals surface area contributed by atoms with E-state index in [2.05, 4.69) is 25.6 Å². The highest BCUT2D eigenvalue weighted by atomic mass is 19.4. The fourth-order valence-electron chi connectivity index (χ4n) is 2.92. The summed E-state index contributed by atoms with van der Waals surface area (Å²) >= 11 is 0. The summed E-state index contributed by atoms with van der Waals surface area (Å²) in [5.74, 6) is 0.0999. The van der Waals surface area contributed by atoms with Crippen LogP contribution < -0.4 is 15.4 Å². The average Bonchev–Trinajstić information content (AvgIpc) is 3.11. The first-order chi connectivity index (χ1) is 14.4. The van der Waals surface area contributed by atoms with Crippen LogP contribution in [0.2, 0.25) is 0 Å². The Morgan fingerprint density at radius 2 is 2.03 bits per heavy atom. The average molecular weight is 423 g/mol. The number of hydrogen-bond donors (Lipinski definition) is 3. The molecule has 10 heteroatoms. The molecule has 0 atom stereocenters. The molecular formula is C20H21F4N5O. The molecule has 0 amide bonds. The first kappa shape index (κ1) is 21.4. The molecule has 1 aromatic carbocycles. The van der Waals surface area contributed by atoms with Gasteiger partial charge in [0, 0.05) is 49.0 Å². The van der Waals surface area contributed by atoms with Gasteiger partial charge in [-0.2, -0.15) is 13.2 Å². The molecule has 3 N–H and O–H groups in total. The van der Waals surface area contributed by atoms with Gasteiger partial charge in [-0.05, 0) is 36.2 Å². The van der Waals surface area contributed by atoms with Crippen molar-refractivity contribution in [3.8, 4) is 5.88 Å². The second-order valence-electron chi connectivity index (χ2n) is 6.48. The lowest BCUT2D eigenvalue weighted by atomic mass is 10.1. The minimum absolute atomic E-state index is 0.0798. The van der Waals surface area contributed by atoms with Crippen molar-refractivity contribution in [2.24, 2.45) is 4.99 Å². The maximum atomic E-state index is 13.3. The summed E-state index contributed by atoms with van der Waals surface area (Å²) in [5.41, 5.74) is 2.24. The fourth-order valence-corrected chi connectivity index (χ4v) is 2.92. The Morgan fingerprint density at radius 1 is 1.20 bits per heavy atom. The molecule has 0 fully saturated rings. The van der Waals surface area contributed by atoms with Gasteiger partial charge < -0.3 is 20.4 Å². The standard InChI is InChI=1S/C20H21F4N5O/c1-25-19(27-8-6-13-10-28-17-9-15(21)4-5-16(13)17)29-11-14-3-2-7-26-18(14)30-12-20(22,23)24/h2-5,7,9-10,28H,6,8,11-12H2,1H3,(H2,25,27,29). The van der Waals surface area contributed by atoms with Gasteiger partial charge in [-0.3, -0.25) is 4.99 Å². The number of halogens is 4. The van der Waals surface area contributed by atoms with Gasteiger partial charge in [-0.15, -0.1) is 0 Å². The van der Waals surface area contributed by atoms with Gasteiger partial charge in [0.2, 0.25) is 5.88 Å². The molecule has 6 nitrogen and oxygen atoms in total. The number of aromatic nitrogens is 2. The summed E-state index contributed by atoms with van der Waals surface area (Å²) in [4.78, 5) is 11.0. The highest BCUT2D eigenvalue weighted by molar-refractivity contribution is 5.83. The van der Waals surface area contributed by atoms with Crippen molar-refractivity contribution in [1.82, 2.24) is 20.6 Å². The Hall–Kier alpha value is -3.30. The monoisotopic (exact) mass is 423 g/mol. The van der Waals surface area contributed by atoms with E-state index < -0.39 is 12.8 Å². The molecule has 0 aliphatic rings. The first-order valence-corrected chi connectivity index (χ1v) is 9.19. The van der Waals surface area contributed by atoms with Crippen LogP contribution in [-0.2, 0) is 13.0 Å². The minimum atomic E-state index is -4.44. The zero-order valence-corrected chi connectivity index (χ0v) is 16.2. The van der Waals surface area contributed by atoms with Crippen LogP contribution in [0.4, 0.5) is 17.6 Å². The fraction of sp³-hybridized carbons (Fsp3) is 0.300. The van der Waals surface area contributed by atoms with Crippen LogP contribution in [0.5, 0.6) is 5.88 Å². The number of pyridine rings is 1. The van der Waals surface area contributed by atoms with E-state index in [0.29, 0.717) is 24.5 Å². The van der Waals surface area contributed by atoms with E-state index in [0.717, 1.165) is 16.5 Å². The Labute approximate surface area is 170 Å². The maximum Gasteiger partial charge on any atom is 0.422 e. The van der Waals surface area contributed by atoms with Crippen molar-refractivity contribution in [3.05, 3.63) is 59.7 Å². The van der Waals surface area contributed by atoms with E-state index in [1.54, 1.807) is 25.2 Å². The number of alkyl halides is 3. The molecule has 2 heterocycles. The highest BCUT2D eigenvalue weighted by Crippen LogP contribution is 2.20. The van der Waals surface area contributed by atoms with E-state index in [9.17, 15) is 17.6 Å². The lowest BCUT2D eigenvalue weighted by Crippen LogP contribution is -2.38. The summed E-state index contributed by atoms with van der Waals surface area (Å²) in [6.07, 6.45) is -0.565. The maximum absolute atomic E-state index is 13.3. The van der Waals surface area contributed by atoms with Gasteiger partial charge in [0.25, 0.3) is 0 Å². The topological polar surface area (TPSA) is 74.3 Å². The van der Waals surface area contributed by atoms with Gasteiger partial charge in [-0.25, -0.2) is 9.37 Å². The number of guanidine groups is 1. The molecule has 0 saturated carbocycles. The Kier molecular flexibility index (Phi) is 6.76. The summed E-state index contributed by atoms with van der Waals surface area (Å²) in [6.45, 7) is -0.667. The van der Waals surface area contributed by atoms with Crippen LogP contribution in [0.25, 0.3) is 10.9 Å². The van der Waals surface area contributed by atoms with Crippen LogP contribution in [0, 0.1) is 5.82 Å². The van der Waals surface area contributed by atoms with Gasteiger partial charge >= 0.3 is 6.18 Å². The second kappa shape index (κ2) is 9.47. The second-order valence-corrected chi connectivity index (χ2v) is 6.48. The Balaban J connectivity index is 1.53. The first-order valence-electron chi connectivity index (χ1n) is 9.19. The summed E-state index contributed by atoms with van der Waals surface area (Å²) in [6, 6.07) is 7.84. The summed E-state index contributed by atoms with van der Waals surface area (Å²) < 4.78 is 55.3. The lowest BCUT2D eigenvalue weighted by Gasteiger charge is -2.14. The summed E-state index contributed by atoms with van der Waals surface area (Å²) in [7, 11) is 1.59. The molecule has 30 heavy (non-hydrogen) atoms. The van der Waals surface area contributed by atoms with Crippen molar-refractivity contribution in [3.63, 3.8) is 0 Å². The highest BCUT2D eigenvalue weighted by Gasteiger charge is 2.29. The molecule has 0 aliphatic heterocycles. The molecular weight excluding hydrogens is 402 g/mol. The van der Waals surface area contributed by atoms with Gasteiger partial charge in [-0.1, -0.05) is 6.07 Å². The number of hydrogen-bond acceptors (Lipinski definition) is 3. The van der Waals surface area contributed by atoms with Crippen LogP contribution in [0.1, 0.15) is 11.1 Å². The van der Waals surface area contributed by atoms with Crippen molar-refractivity contribution < 1.29 is 22.3 Å². The smallest absolute Gasteiger partial charge is 0.422 e. The molecule has 0 spiro atoms. The van der Waals surface area contributed by atoms with E-state index in [1.165, 1.54) is 18.3 Å². The zero-order chi connectivity index (χ0) is 21.6. The quantitative estimate of drug-likeness (QED) is 0.309. The third-order valence-corrected chi connectivity index (χ3v) is 4.31. The minimum Gasteiger partial charge on any atom is -0.468 e. The summed E-state index contributed by atoms with van der Waals surface area (Å²) in [5, 5.41) is 7.11. The largest absolute Gasteiger partial charge is 0.468 e. The SMILES string of the molecule is CN=C(NCCc1c[nH]c2cc(F)ccc12)NCc1cccnc1OCC(F)(F)F. The number of nitrogens with one attached hydrogen (secondary N) is 3. The molecule has 0 saturated heterocycles. The van der Waals surface area contributed by atoms with E-state index in [1.807, 2.05) is 6.20 Å². The number of nitrogens with zero attached hydrogens (tertiary/aromatic N) is 2. The zero-order valence-electron chi connectivity index (χ0n) is 16.2. The van der Waals surface area contributed by atoms with Crippen molar-refractivity contribution in [2.75, 3.05) is 20.2 Å². The molecule has 160 valence electrons. The van der Waals surface area contributed by atoms with Gasteiger partial charge in [0.05, 0.1) is 0 Å². The van der Waals surface area contributed by atoms with E-state index >= 15 is 0 Å². The molecule has 0 aliphatic carbocycles. The molecule has 0 bridgehead atoms. The normalized spacial score (nSPS) is 12.2. The molecule has 2 aromatic heterocycles.